The smallest absolute Gasteiger partial charge is 0.127 e. The zero-order chi connectivity index (χ0) is 48.3. The summed E-state index contributed by atoms with van der Waals surface area (Å²) in [7, 11) is 0. The molecular weight excluding hydrogens is 873 g/mol. The van der Waals surface area contributed by atoms with Crippen molar-refractivity contribution in [1.29, 1.82) is 0 Å². The molecule has 0 amide bonds. The maximum atomic E-state index is 6.43. The van der Waals surface area contributed by atoms with Crippen molar-refractivity contribution >= 4 is 55.7 Å². The third-order valence-electron chi connectivity index (χ3n) is 14.9. The van der Waals surface area contributed by atoms with E-state index in [-0.39, 0.29) is 0 Å². The minimum atomic E-state index is -0.630. The van der Waals surface area contributed by atoms with Crippen LogP contribution in [0.5, 0.6) is 11.5 Å². The van der Waals surface area contributed by atoms with Crippen LogP contribution in [0.25, 0.3) is 66.6 Å². The van der Waals surface area contributed by atoms with E-state index in [2.05, 4.69) is 254 Å². The van der Waals surface area contributed by atoms with E-state index in [1.807, 2.05) is 30.3 Å². The summed E-state index contributed by atoms with van der Waals surface area (Å²) in [5, 5.41) is 4.87. The molecule has 1 unspecified atom stereocenters. The molecule has 1 heterocycles. The molecule has 0 aliphatic heterocycles. The average molecular weight is 923 g/mol. The van der Waals surface area contributed by atoms with Gasteiger partial charge in [0.15, 0.2) is 0 Å². The Morgan fingerprint density at radius 3 is 1.88 bits per heavy atom. The largest absolute Gasteiger partial charge is 0.457 e. The van der Waals surface area contributed by atoms with Gasteiger partial charge in [0.05, 0.1) is 22.1 Å². The molecule has 3 heteroatoms. The van der Waals surface area contributed by atoms with Crippen LogP contribution in [-0.2, 0) is 5.41 Å². The summed E-state index contributed by atoms with van der Waals surface area (Å²) in [6, 6.07) is 90.6. The fraction of sp³-hybridized carbons (Fsp3) is 0.0435. The highest BCUT2D eigenvalue weighted by atomic mass is 16.5. The van der Waals surface area contributed by atoms with Gasteiger partial charge in [-0.1, -0.05) is 176 Å². The van der Waals surface area contributed by atoms with Crippen molar-refractivity contribution in [3.8, 4) is 39.4 Å². The van der Waals surface area contributed by atoms with Gasteiger partial charge in [0.25, 0.3) is 0 Å². The molecule has 1 atom stereocenters. The van der Waals surface area contributed by atoms with Gasteiger partial charge in [-0.2, -0.15) is 0 Å². The number of hydrogen-bond acceptors (Lipinski definition) is 2. The number of hydrogen-bond donors (Lipinski definition) is 0. The van der Waals surface area contributed by atoms with Crippen molar-refractivity contribution < 1.29 is 4.74 Å². The first-order valence-electron chi connectivity index (χ1n) is 24.8. The SMILES string of the molecule is C=Cc1ccc(Oc2ccc(C3(c4ccccc4)c4ccccc4-c4ccc(N(c5cc(C)c(-c6ccc7c(c6)c6ccccc6n7-c6ccccc6)cc5C)c5cccc6ccccc56)cc43)cc2)cc1. The van der Waals surface area contributed by atoms with Gasteiger partial charge < -0.3 is 14.2 Å². The van der Waals surface area contributed by atoms with Crippen molar-refractivity contribution in [1.82, 2.24) is 4.57 Å². The second-order valence-electron chi connectivity index (χ2n) is 19.0. The number of nitrogens with zero attached hydrogens (tertiary/aromatic N) is 2. The number of rotatable bonds is 10. The molecule has 0 radical (unpaired) electrons. The van der Waals surface area contributed by atoms with Crippen LogP contribution in [0.4, 0.5) is 17.1 Å². The fourth-order valence-corrected chi connectivity index (χ4v) is 11.6. The van der Waals surface area contributed by atoms with Crippen LogP contribution in [0.15, 0.2) is 255 Å². The van der Waals surface area contributed by atoms with Crippen LogP contribution < -0.4 is 9.64 Å². The number of aromatic nitrogens is 1. The van der Waals surface area contributed by atoms with E-state index < -0.39 is 5.41 Å². The lowest BCUT2D eigenvalue weighted by Crippen LogP contribution is -2.28. The Balaban J connectivity index is 0.987. The lowest BCUT2D eigenvalue weighted by atomic mass is 9.67. The predicted octanol–water partition coefficient (Wildman–Crippen LogP) is 18.5. The Kier molecular flexibility index (Phi) is 10.3. The summed E-state index contributed by atoms with van der Waals surface area (Å²) in [6.45, 7) is 8.45. The Hall–Kier alpha value is -9.18. The van der Waals surface area contributed by atoms with Crippen molar-refractivity contribution in [2.45, 2.75) is 19.3 Å². The third kappa shape index (κ3) is 6.88. The average Bonchev–Trinajstić information content (AvgIpc) is 3.93. The van der Waals surface area contributed by atoms with E-state index in [4.69, 9.17) is 4.74 Å². The highest BCUT2D eigenvalue weighted by Crippen LogP contribution is 2.58. The Morgan fingerprint density at radius 2 is 1.08 bits per heavy atom. The summed E-state index contributed by atoms with van der Waals surface area (Å²) in [6.07, 6.45) is 1.85. The fourth-order valence-electron chi connectivity index (χ4n) is 11.6. The van der Waals surface area contributed by atoms with Crippen molar-refractivity contribution in [2.75, 3.05) is 4.90 Å². The number of aryl methyl sites for hydroxylation is 2. The molecule has 1 aromatic heterocycles. The maximum Gasteiger partial charge on any atom is 0.127 e. The molecule has 0 saturated carbocycles. The van der Waals surface area contributed by atoms with Crippen LogP contribution in [-0.4, -0.2) is 4.57 Å². The minimum absolute atomic E-state index is 0.630. The predicted molar refractivity (Wildman–Crippen MR) is 302 cm³/mol. The Morgan fingerprint density at radius 1 is 0.444 bits per heavy atom. The minimum Gasteiger partial charge on any atom is -0.457 e. The van der Waals surface area contributed by atoms with Crippen LogP contribution in [0, 0.1) is 13.8 Å². The quantitative estimate of drug-likeness (QED) is 0.136. The summed E-state index contributed by atoms with van der Waals surface area (Å²) >= 11 is 0. The first kappa shape index (κ1) is 42.9. The molecule has 12 aromatic rings. The second kappa shape index (κ2) is 17.3. The normalized spacial score (nSPS) is 13.8. The Bertz CT molecular complexity index is 4030. The highest BCUT2D eigenvalue weighted by molar-refractivity contribution is 6.10. The molecule has 0 saturated heterocycles. The number of anilines is 3. The number of ether oxygens (including phenoxy) is 1. The van der Waals surface area contributed by atoms with E-state index in [1.54, 1.807) is 0 Å². The van der Waals surface area contributed by atoms with Gasteiger partial charge in [0, 0.05) is 33.2 Å². The van der Waals surface area contributed by atoms with E-state index >= 15 is 0 Å². The van der Waals surface area contributed by atoms with Gasteiger partial charge in [-0.3, -0.25) is 0 Å². The summed E-state index contributed by atoms with van der Waals surface area (Å²) in [5.41, 5.74) is 19.5. The van der Waals surface area contributed by atoms with Gasteiger partial charge in [-0.25, -0.2) is 0 Å². The van der Waals surface area contributed by atoms with E-state index in [9.17, 15) is 0 Å². The monoisotopic (exact) mass is 922 g/mol. The molecule has 13 rings (SSSR count). The Labute approximate surface area is 420 Å². The first-order chi connectivity index (χ1) is 35.5. The molecule has 0 N–H and O–H groups in total. The number of para-hydroxylation sites is 2. The van der Waals surface area contributed by atoms with Crippen molar-refractivity contribution in [2.24, 2.45) is 0 Å². The number of fused-ring (bicyclic) bond motifs is 7. The molecule has 3 nitrogen and oxygen atoms in total. The van der Waals surface area contributed by atoms with Gasteiger partial charge in [0.1, 0.15) is 11.5 Å². The first-order valence-corrected chi connectivity index (χ1v) is 24.8. The van der Waals surface area contributed by atoms with E-state index in [1.165, 1.54) is 88.2 Å². The molecule has 0 spiro atoms. The van der Waals surface area contributed by atoms with Gasteiger partial charge in [-0.05, 0) is 165 Å². The van der Waals surface area contributed by atoms with E-state index in [0.717, 1.165) is 39.8 Å². The molecule has 11 aromatic carbocycles. The molecule has 72 heavy (non-hydrogen) atoms. The zero-order valence-electron chi connectivity index (χ0n) is 40.3. The lowest BCUT2D eigenvalue weighted by molar-refractivity contribution is 0.482. The molecule has 342 valence electrons. The van der Waals surface area contributed by atoms with Gasteiger partial charge in [-0.15, -0.1) is 0 Å². The van der Waals surface area contributed by atoms with Crippen LogP contribution >= 0.6 is 0 Å². The van der Waals surface area contributed by atoms with Crippen LogP contribution in [0.1, 0.15) is 38.9 Å². The van der Waals surface area contributed by atoms with E-state index in [0.29, 0.717) is 0 Å². The summed E-state index contributed by atoms with van der Waals surface area (Å²) in [5.74, 6) is 1.57. The zero-order valence-corrected chi connectivity index (χ0v) is 40.3. The molecule has 1 aliphatic rings. The maximum absolute atomic E-state index is 6.43. The van der Waals surface area contributed by atoms with Crippen LogP contribution in [0.2, 0.25) is 0 Å². The topological polar surface area (TPSA) is 17.4 Å². The highest BCUT2D eigenvalue weighted by Gasteiger charge is 2.46. The van der Waals surface area contributed by atoms with Gasteiger partial charge in [0.2, 0.25) is 0 Å². The molecule has 0 bridgehead atoms. The standard InChI is InChI=1S/C69H50N2O/c1-4-48-30-36-55(37-31-48)72-56-38-33-52(34-39-56)69(51-20-7-5-8-21-51)63-27-15-13-25-58(63)59-40-35-54(45-64(59)69)71(65-29-17-19-49-18-11-12-24-57(49)65)68-43-46(2)61(42-47(68)3)50-32-41-67-62(44-50)60-26-14-16-28-66(60)70(67)53-22-9-6-10-23-53/h4-45H,1H2,2-3H3. The van der Waals surface area contributed by atoms with Gasteiger partial charge >= 0.3 is 0 Å². The summed E-state index contributed by atoms with van der Waals surface area (Å²) < 4.78 is 8.81. The van der Waals surface area contributed by atoms with Crippen molar-refractivity contribution in [3.63, 3.8) is 0 Å². The molecule has 0 fully saturated rings. The lowest BCUT2D eigenvalue weighted by Gasteiger charge is -2.35. The second-order valence-corrected chi connectivity index (χ2v) is 19.0. The summed E-state index contributed by atoms with van der Waals surface area (Å²) in [4.78, 5) is 2.50. The van der Waals surface area contributed by atoms with Crippen molar-refractivity contribution in [3.05, 3.63) is 294 Å². The number of benzene rings is 11. The third-order valence-corrected chi connectivity index (χ3v) is 14.9. The van der Waals surface area contributed by atoms with Crippen LogP contribution in [0.3, 0.4) is 0 Å². The molecular formula is C69H50N2O. The molecule has 1 aliphatic carbocycles.